The maximum Gasteiger partial charge on any atom is 0.319 e. The molecule has 3 aliphatic rings. The number of nitrogens with zero attached hydrogens (tertiary/aromatic N) is 4. The summed E-state index contributed by atoms with van der Waals surface area (Å²) in [6.07, 6.45) is 1.96. The van der Waals surface area contributed by atoms with Crippen molar-refractivity contribution in [2.45, 2.75) is 50.0 Å². The molecule has 3 aliphatic heterocycles. The van der Waals surface area contributed by atoms with Crippen LogP contribution in [0.3, 0.4) is 0 Å². The number of anilines is 1. The van der Waals surface area contributed by atoms with Crippen LogP contribution in [0.15, 0.2) is 6.07 Å². The lowest BCUT2D eigenvalue weighted by molar-refractivity contribution is 0.107. The third-order valence-corrected chi connectivity index (χ3v) is 5.83. The molecule has 0 radical (unpaired) electrons. The van der Waals surface area contributed by atoms with Crippen LogP contribution in [0.5, 0.6) is 6.01 Å². The molecule has 3 saturated heterocycles. The summed E-state index contributed by atoms with van der Waals surface area (Å²) in [5.74, 6) is 0.664. The quantitative estimate of drug-likeness (QED) is 0.760. The minimum Gasteiger partial charge on any atom is -0.461 e. The van der Waals surface area contributed by atoms with Crippen molar-refractivity contribution in [3.8, 4) is 6.01 Å². The van der Waals surface area contributed by atoms with Crippen molar-refractivity contribution in [3.63, 3.8) is 0 Å². The van der Waals surface area contributed by atoms with Crippen LogP contribution >= 0.6 is 11.6 Å². The van der Waals surface area contributed by atoms with E-state index in [0.29, 0.717) is 56.5 Å². The lowest BCUT2D eigenvalue weighted by Crippen LogP contribution is -2.43. The number of fused-ring (bicyclic) bond motifs is 1. The highest BCUT2D eigenvalue weighted by Crippen LogP contribution is 2.40. The van der Waals surface area contributed by atoms with Crippen molar-refractivity contribution in [1.82, 2.24) is 14.9 Å². The van der Waals surface area contributed by atoms with Crippen LogP contribution in [-0.4, -0.2) is 65.5 Å². The van der Waals surface area contributed by atoms with Gasteiger partial charge in [0.15, 0.2) is 0 Å². The predicted molar refractivity (Wildman–Crippen MR) is 91.9 cm³/mol. The van der Waals surface area contributed by atoms with Gasteiger partial charge in [-0.15, -0.1) is 0 Å². The molecule has 1 aromatic heterocycles. The van der Waals surface area contributed by atoms with Crippen molar-refractivity contribution < 1.29 is 13.5 Å². The fourth-order valence-corrected chi connectivity index (χ4v) is 4.51. The molecule has 2 atom stereocenters. The third-order valence-electron chi connectivity index (χ3n) is 5.64. The molecule has 4 heterocycles. The maximum atomic E-state index is 13.8. The van der Waals surface area contributed by atoms with E-state index >= 15 is 0 Å². The molecule has 5 nitrogen and oxygen atoms in total. The first-order valence-electron chi connectivity index (χ1n) is 9.00. The Morgan fingerprint density at radius 3 is 2.80 bits per heavy atom. The standard InChI is InChI=1S/C17H23ClF2N4O/c18-14-8-15(23-6-2-12(19)3-7-23)22-16(21-14)25-11-17-4-1-5-24(17)10-13(20)9-17/h8,12-13H,1-7,9-11H2/t13-,17+/m1/s1. The Balaban J connectivity index is 1.46. The Kier molecular flexibility index (Phi) is 4.71. The van der Waals surface area contributed by atoms with Gasteiger partial charge in [0.2, 0.25) is 0 Å². The summed E-state index contributed by atoms with van der Waals surface area (Å²) in [5.41, 5.74) is -0.238. The van der Waals surface area contributed by atoms with Crippen LogP contribution < -0.4 is 9.64 Å². The van der Waals surface area contributed by atoms with Gasteiger partial charge in [0.25, 0.3) is 0 Å². The summed E-state index contributed by atoms with van der Waals surface area (Å²) in [7, 11) is 0. The van der Waals surface area contributed by atoms with E-state index in [0.717, 1.165) is 19.4 Å². The maximum absolute atomic E-state index is 13.8. The van der Waals surface area contributed by atoms with E-state index in [1.807, 2.05) is 4.90 Å². The monoisotopic (exact) mass is 372 g/mol. The molecule has 0 aliphatic carbocycles. The van der Waals surface area contributed by atoms with Crippen molar-refractivity contribution in [1.29, 1.82) is 0 Å². The summed E-state index contributed by atoms with van der Waals surface area (Å²) in [5, 5.41) is 0.304. The van der Waals surface area contributed by atoms with Crippen molar-refractivity contribution in [2.75, 3.05) is 37.7 Å². The van der Waals surface area contributed by atoms with Gasteiger partial charge in [-0.3, -0.25) is 4.90 Å². The van der Waals surface area contributed by atoms with Crippen molar-refractivity contribution in [2.24, 2.45) is 0 Å². The number of alkyl halides is 2. The first-order valence-corrected chi connectivity index (χ1v) is 9.37. The molecule has 0 amide bonds. The molecule has 8 heteroatoms. The number of piperidine rings is 1. The predicted octanol–water partition coefficient (Wildman–Crippen LogP) is 3.02. The highest BCUT2D eigenvalue weighted by atomic mass is 35.5. The molecular weight excluding hydrogens is 350 g/mol. The van der Waals surface area contributed by atoms with Crippen LogP contribution in [0.25, 0.3) is 0 Å². The number of hydrogen-bond acceptors (Lipinski definition) is 5. The fourth-order valence-electron chi connectivity index (χ4n) is 4.34. The Hall–Kier alpha value is -1.21. The lowest BCUT2D eigenvalue weighted by Gasteiger charge is -2.31. The van der Waals surface area contributed by atoms with Crippen LogP contribution in [0.1, 0.15) is 32.1 Å². The average molecular weight is 373 g/mol. The largest absolute Gasteiger partial charge is 0.461 e. The van der Waals surface area contributed by atoms with Gasteiger partial charge in [0.05, 0.1) is 5.54 Å². The van der Waals surface area contributed by atoms with Gasteiger partial charge >= 0.3 is 6.01 Å². The Labute approximate surface area is 151 Å². The second-order valence-corrected chi connectivity index (χ2v) is 7.74. The molecular formula is C17H23ClF2N4O. The van der Waals surface area contributed by atoms with Gasteiger partial charge < -0.3 is 9.64 Å². The van der Waals surface area contributed by atoms with Crippen molar-refractivity contribution >= 4 is 17.4 Å². The van der Waals surface area contributed by atoms with E-state index in [-0.39, 0.29) is 11.5 Å². The molecule has 0 spiro atoms. The van der Waals surface area contributed by atoms with Gasteiger partial charge in [0, 0.05) is 32.1 Å². The average Bonchev–Trinajstić information content (AvgIpc) is 3.09. The molecule has 0 unspecified atom stereocenters. The SMILES string of the molecule is FC1CCN(c2cc(Cl)nc(OC[C@@]34CCCN3C[C@H](F)C4)n2)CC1. The van der Waals surface area contributed by atoms with Crippen LogP contribution in [0.2, 0.25) is 5.15 Å². The second-order valence-electron chi connectivity index (χ2n) is 7.36. The number of hydrogen-bond donors (Lipinski definition) is 0. The number of aromatic nitrogens is 2. The van der Waals surface area contributed by atoms with E-state index in [1.54, 1.807) is 6.07 Å². The first kappa shape index (κ1) is 17.2. The minimum absolute atomic E-state index is 0.216. The van der Waals surface area contributed by atoms with E-state index in [1.165, 1.54) is 0 Å². The summed E-state index contributed by atoms with van der Waals surface area (Å²) in [6, 6.07) is 1.90. The molecule has 3 fully saturated rings. The van der Waals surface area contributed by atoms with E-state index < -0.39 is 12.3 Å². The minimum atomic E-state index is -0.790. The van der Waals surface area contributed by atoms with Crippen molar-refractivity contribution in [3.05, 3.63) is 11.2 Å². The van der Waals surface area contributed by atoms with Gasteiger partial charge in [-0.2, -0.15) is 9.97 Å². The van der Waals surface area contributed by atoms with Crippen LogP contribution in [0, 0.1) is 0 Å². The Bertz CT molecular complexity index is 629. The van der Waals surface area contributed by atoms with E-state index in [4.69, 9.17) is 16.3 Å². The molecule has 0 aromatic carbocycles. The Morgan fingerprint density at radius 1 is 1.20 bits per heavy atom. The smallest absolute Gasteiger partial charge is 0.319 e. The van der Waals surface area contributed by atoms with Crippen LogP contribution in [0.4, 0.5) is 14.6 Å². The normalized spacial score (nSPS) is 30.7. The molecule has 0 N–H and O–H groups in total. The van der Waals surface area contributed by atoms with Crippen LogP contribution in [-0.2, 0) is 0 Å². The molecule has 138 valence electrons. The van der Waals surface area contributed by atoms with E-state index in [2.05, 4.69) is 14.9 Å². The topological polar surface area (TPSA) is 41.5 Å². The zero-order chi connectivity index (χ0) is 17.4. The zero-order valence-corrected chi connectivity index (χ0v) is 14.9. The second kappa shape index (κ2) is 6.83. The molecule has 1 aromatic rings. The summed E-state index contributed by atoms with van der Waals surface area (Å²) >= 11 is 6.12. The van der Waals surface area contributed by atoms with Gasteiger partial charge in [-0.25, -0.2) is 8.78 Å². The van der Waals surface area contributed by atoms with E-state index in [9.17, 15) is 8.78 Å². The number of ether oxygens (including phenoxy) is 1. The summed E-state index contributed by atoms with van der Waals surface area (Å²) < 4.78 is 33.0. The zero-order valence-electron chi connectivity index (χ0n) is 14.1. The number of rotatable bonds is 4. The fraction of sp³-hybridized carbons (Fsp3) is 0.765. The van der Waals surface area contributed by atoms with Gasteiger partial charge in [0.1, 0.15) is 29.9 Å². The molecule has 4 rings (SSSR count). The number of halogens is 3. The lowest BCUT2D eigenvalue weighted by atomic mass is 9.95. The van der Waals surface area contributed by atoms with Gasteiger partial charge in [-0.1, -0.05) is 11.6 Å². The first-order chi connectivity index (χ1) is 12.0. The Morgan fingerprint density at radius 2 is 2.00 bits per heavy atom. The molecule has 25 heavy (non-hydrogen) atoms. The highest BCUT2D eigenvalue weighted by Gasteiger charge is 2.49. The van der Waals surface area contributed by atoms with Gasteiger partial charge in [-0.05, 0) is 32.2 Å². The highest BCUT2D eigenvalue weighted by molar-refractivity contribution is 6.29. The molecule has 0 saturated carbocycles. The molecule has 0 bridgehead atoms. The summed E-state index contributed by atoms with van der Waals surface area (Å²) in [6.45, 7) is 3.00. The summed E-state index contributed by atoms with van der Waals surface area (Å²) in [4.78, 5) is 12.8. The third kappa shape index (κ3) is 3.53.